The fourth-order valence-electron chi connectivity index (χ4n) is 2.19. The van der Waals surface area contributed by atoms with Gasteiger partial charge >= 0.3 is 5.97 Å². The second-order valence-electron chi connectivity index (χ2n) is 5.63. The number of hydrogen-bond donors (Lipinski definition) is 1. The smallest absolute Gasteiger partial charge is 0.317 e. The Bertz CT molecular complexity index is 767. The maximum atomic E-state index is 12.1. The number of thioether (sulfide) groups is 1. The molecule has 0 spiro atoms. The lowest BCUT2D eigenvalue weighted by atomic mass is 10.2. The standard InChI is InChI=1S/C20H22ClNO4S/c1-3-25-16-8-10-17(11-9-16)27-13-19(23)26-14(2)20(24)22-12-15-6-4-5-7-18(15)21/h4-11,14H,3,12-13H2,1-2H3,(H,22,24)/t14-/m0/s1. The van der Waals surface area contributed by atoms with Crippen LogP contribution in [0.5, 0.6) is 5.75 Å². The van der Waals surface area contributed by atoms with E-state index >= 15 is 0 Å². The van der Waals surface area contributed by atoms with E-state index in [2.05, 4.69) is 5.32 Å². The quantitative estimate of drug-likeness (QED) is 0.501. The monoisotopic (exact) mass is 407 g/mol. The molecule has 0 unspecified atom stereocenters. The Kier molecular flexibility index (Phi) is 8.48. The van der Waals surface area contributed by atoms with Crippen LogP contribution in [0.25, 0.3) is 0 Å². The van der Waals surface area contributed by atoms with Crippen LogP contribution in [0.1, 0.15) is 19.4 Å². The second-order valence-corrected chi connectivity index (χ2v) is 7.09. The van der Waals surface area contributed by atoms with Gasteiger partial charge in [-0.15, -0.1) is 11.8 Å². The Morgan fingerprint density at radius 2 is 1.85 bits per heavy atom. The van der Waals surface area contributed by atoms with Gasteiger partial charge in [0, 0.05) is 16.5 Å². The Labute approximate surface area is 168 Å². The summed E-state index contributed by atoms with van der Waals surface area (Å²) in [5.41, 5.74) is 0.803. The molecule has 1 atom stereocenters. The van der Waals surface area contributed by atoms with Gasteiger partial charge in [-0.25, -0.2) is 0 Å². The molecule has 0 bridgehead atoms. The highest BCUT2D eigenvalue weighted by Gasteiger charge is 2.18. The first-order valence-corrected chi connectivity index (χ1v) is 9.92. The Morgan fingerprint density at radius 3 is 2.52 bits per heavy atom. The van der Waals surface area contributed by atoms with Gasteiger partial charge in [0.25, 0.3) is 5.91 Å². The molecule has 0 saturated heterocycles. The molecule has 0 aliphatic carbocycles. The number of ether oxygens (including phenoxy) is 2. The zero-order valence-electron chi connectivity index (χ0n) is 15.2. The molecule has 1 amide bonds. The minimum atomic E-state index is -0.874. The van der Waals surface area contributed by atoms with Crippen LogP contribution >= 0.6 is 23.4 Å². The van der Waals surface area contributed by atoms with Crippen molar-refractivity contribution in [3.63, 3.8) is 0 Å². The number of rotatable bonds is 9. The minimum absolute atomic E-state index is 0.121. The van der Waals surface area contributed by atoms with Gasteiger partial charge in [0.15, 0.2) is 6.10 Å². The first-order valence-electron chi connectivity index (χ1n) is 8.56. The van der Waals surface area contributed by atoms with Crippen molar-refractivity contribution in [2.24, 2.45) is 0 Å². The molecule has 0 fully saturated rings. The van der Waals surface area contributed by atoms with Crippen molar-refractivity contribution in [2.45, 2.75) is 31.4 Å². The Morgan fingerprint density at radius 1 is 1.15 bits per heavy atom. The average molecular weight is 408 g/mol. The van der Waals surface area contributed by atoms with E-state index in [0.717, 1.165) is 16.2 Å². The molecule has 144 valence electrons. The molecule has 2 aromatic carbocycles. The summed E-state index contributed by atoms with van der Waals surface area (Å²) in [5, 5.41) is 3.29. The van der Waals surface area contributed by atoms with Gasteiger partial charge in [0.1, 0.15) is 5.75 Å². The Hall–Kier alpha value is -2.18. The van der Waals surface area contributed by atoms with E-state index in [9.17, 15) is 9.59 Å². The second kappa shape index (κ2) is 10.8. The van der Waals surface area contributed by atoms with Gasteiger partial charge in [0.05, 0.1) is 12.4 Å². The van der Waals surface area contributed by atoms with Crippen molar-refractivity contribution < 1.29 is 19.1 Å². The molecule has 2 aromatic rings. The van der Waals surface area contributed by atoms with Gasteiger partial charge < -0.3 is 14.8 Å². The summed E-state index contributed by atoms with van der Waals surface area (Å²) in [4.78, 5) is 25.0. The van der Waals surface area contributed by atoms with Gasteiger partial charge in [0.2, 0.25) is 0 Å². The zero-order valence-corrected chi connectivity index (χ0v) is 16.8. The number of esters is 1. The molecular weight excluding hydrogens is 386 g/mol. The third-order valence-corrected chi connectivity index (χ3v) is 4.93. The van der Waals surface area contributed by atoms with Crippen molar-refractivity contribution in [1.29, 1.82) is 0 Å². The van der Waals surface area contributed by atoms with Crippen molar-refractivity contribution in [3.8, 4) is 5.75 Å². The molecule has 0 aliphatic heterocycles. The molecular formula is C20H22ClNO4S. The van der Waals surface area contributed by atoms with E-state index in [-0.39, 0.29) is 18.2 Å². The summed E-state index contributed by atoms with van der Waals surface area (Å²) in [5.74, 6) is 0.0905. The van der Waals surface area contributed by atoms with E-state index in [0.29, 0.717) is 11.6 Å². The molecule has 5 nitrogen and oxygen atoms in total. The highest BCUT2D eigenvalue weighted by Crippen LogP contribution is 2.21. The van der Waals surface area contributed by atoms with E-state index in [1.54, 1.807) is 13.0 Å². The first kappa shape index (κ1) is 21.1. The molecule has 0 aromatic heterocycles. The molecule has 0 heterocycles. The van der Waals surface area contributed by atoms with Crippen molar-refractivity contribution in [2.75, 3.05) is 12.4 Å². The fourth-order valence-corrected chi connectivity index (χ4v) is 3.08. The van der Waals surface area contributed by atoms with Crippen LogP contribution < -0.4 is 10.1 Å². The van der Waals surface area contributed by atoms with Crippen molar-refractivity contribution >= 4 is 35.2 Å². The third-order valence-electron chi connectivity index (χ3n) is 3.58. The fraction of sp³-hybridized carbons (Fsp3) is 0.300. The highest BCUT2D eigenvalue weighted by molar-refractivity contribution is 8.00. The number of nitrogens with one attached hydrogen (secondary N) is 1. The number of halogens is 1. The van der Waals surface area contributed by atoms with Crippen LogP contribution in [-0.4, -0.2) is 30.3 Å². The molecule has 7 heteroatoms. The van der Waals surface area contributed by atoms with E-state index in [1.807, 2.05) is 49.4 Å². The average Bonchev–Trinajstić information content (AvgIpc) is 2.66. The van der Waals surface area contributed by atoms with Gasteiger partial charge in [-0.1, -0.05) is 29.8 Å². The van der Waals surface area contributed by atoms with E-state index in [1.165, 1.54) is 11.8 Å². The van der Waals surface area contributed by atoms with Gasteiger partial charge in [-0.05, 0) is 49.7 Å². The van der Waals surface area contributed by atoms with Crippen LogP contribution in [0.3, 0.4) is 0 Å². The summed E-state index contributed by atoms with van der Waals surface area (Å²) in [6.07, 6.45) is -0.874. The highest BCUT2D eigenvalue weighted by atomic mass is 35.5. The summed E-state index contributed by atoms with van der Waals surface area (Å²) in [6, 6.07) is 14.7. The van der Waals surface area contributed by atoms with Crippen LogP contribution in [0.2, 0.25) is 5.02 Å². The van der Waals surface area contributed by atoms with Crippen molar-refractivity contribution in [1.82, 2.24) is 5.32 Å². The number of amides is 1. The van der Waals surface area contributed by atoms with Gasteiger partial charge in [-0.3, -0.25) is 9.59 Å². The van der Waals surface area contributed by atoms with E-state index in [4.69, 9.17) is 21.1 Å². The molecule has 2 rings (SSSR count). The normalized spacial score (nSPS) is 11.5. The largest absolute Gasteiger partial charge is 0.494 e. The molecule has 1 N–H and O–H groups in total. The predicted octanol–water partition coefficient (Wildman–Crippen LogP) is 4.08. The van der Waals surface area contributed by atoms with Crippen LogP contribution in [0, 0.1) is 0 Å². The van der Waals surface area contributed by atoms with Crippen LogP contribution in [-0.2, 0) is 20.9 Å². The summed E-state index contributed by atoms with van der Waals surface area (Å²) >= 11 is 7.39. The van der Waals surface area contributed by atoms with Crippen molar-refractivity contribution in [3.05, 3.63) is 59.1 Å². The molecule has 0 aliphatic rings. The Balaban J connectivity index is 1.74. The topological polar surface area (TPSA) is 64.6 Å². The number of hydrogen-bond acceptors (Lipinski definition) is 5. The zero-order chi connectivity index (χ0) is 19.6. The summed E-state index contributed by atoms with van der Waals surface area (Å²) in [7, 11) is 0. The maximum Gasteiger partial charge on any atom is 0.317 e. The maximum absolute atomic E-state index is 12.1. The van der Waals surface area contributed by atoms with Gasteiger partial charge in [-0.2, -0.15) is 0 Å². The summed E-state index contributed by atoms with van der Waals surface area (Å²) in [6.45, 7) is 4.35. The lowest BCUT2D eigenvalue weighted by Gasteiger charge is -2.14. The third kappa shape index (κ3) is 7.15. The number of benzene rings is 2. The molecule has 0 saturated carbocycles. The summed E-state index contributed by atoms with van der Waals surface area (Å²) < 4.78 is 10.6. The lowest BCUT2D eigenvalue weighted by molar-refractivity contribution is -0.152. The lowest BCUT2D eigenvalue weighted by Crippen LogP contribution is -2.35. The minimum Gasteiger partial charge on any atom is -0.494 e. The predicted molar refractivity (Wildman–Crippen MR) is 107 cm³/mol. The number of carbonyl (C=O) groups excluding carboxylic acids is 2. The first-order chi connectivity index (χ1) is 13.0. The molecule has 0 radical (unpaired) electrons. The van der Waals surface area contributed by atoms with E-state index < -0.39 is 12.1 Å². The van der Waals surface area contributed by atoms with Crippen LogP contribution in [0.15, 0.2) is 53.4 Å². The number of carbonyl (C=O) groups is 2. The molecule has 27 heavy (non-hydrogen) atoms. The SMILES string of the molecule is CCOc1ccc(SCC(=O)O[C@@H](C)C(=O)NCc2ccccc2Cl)cc1. The van der Waals surface area contributed by atoms with Crippen LogP contribution in [0.4, 0.5) is 0 Å².